The van der Waals surface area contributed by atoms with Crippen LogP contribution in [-0.4, -0.2) is 34.3 Å². The fourth-order valence-corrected chi connectivity index (χ4v) is 4.23. The molecule has 0 fully saturated rings. The predicted octanol–water partition coefficient (Wildman–Crippen LogP) is 6.37. The second-order valence-electron chi connectivity index (χ2n) is 7.64. The molecule has 168 valence electrons. The van der Waals surface area contributed by atoms with Crippen molar-refractivity contribution in [3.8, 4) is 0 Å². The number of anilines is 1. The summed E-state index contributed by atoms with van der Waals surface area (Å²) in [5, 5.41) is 4.93. The van der Waals surface area contributed by atoms with Gasteiger partial charge in [-0.15, -0.1) is 11.3 Å². The van der Waals surface area contributed by atoms with Gasteiger partial charge in [-0.25, -0.2) is 4.79 Å². The van der Waals surface area contributed by atoms with E-state index in [9.17, 15) is 9.59 Å². The molecule has 1 aromatic heterocycles. The molecule has 0 saturated heterocycles. The fraction of sp³-hybridized carbons (Fsp3) is 0.280. The molecule has 1 unspecified atom stereocenters. The number of carbonyl (C=O) groups excluding carboxylic acids is 2. The van der Waals surface area contributed by atoms with Gasteiger partial charge >= 0.3 is 6.03 Å². The number of nitrogens with zero attached hydrogens (tertiary/aromatic N) is 2. The maximum Gasteiger partial charge on any atom is 0.322 e. The quantitative estimate of drug-likeness (QED) is 0.361. The van der Waals surface area contributed by atoms with Crippen molar-refractivity contribution in [1.82, 2.24) is 9.80 Å². The number of amides is 3. The molecule has 5 nitrogen and oxygen atoms in total. The normalized spacial score (nSPS) is 11.6. The van der Waals surface area contributed by atoms with Gasteiger partial charge in [-0.3, -0.25) is 4.79 Å². The molecule has 2 aromatic carbocycles. The first-order valence-corrected chi connectivity index (χ1v) is 12.3. The minimum Gasteiger partial charge on any atom is -0.332 e. The number of urea groups is 1. The highest BCUT2D eigenvalue weighted by atomic mass is 79.9. The first-order chi connectivity index (χ1) is 15.5. The highest BCUT2D eigenvalue weighted by molar-refractivity contribution is 9.10. The summed E-state index contributed by atoms with van der Waals surface area (Å²) in [6, 6.07) is 21.0. The molecule has 32 heavy (non-hydrogen) atoms. The summed E-state index contributed by atoms with van der Waals surface area (Å²) < 4.78 is 0.939. The summed E-state index contributed by atoms with van der Waals surface area (Å²) in [5.41, 5.74) is 1.76. The molecule has 0 bridgehead atoms. The van der Waals surface area contributed by atoms with E-state index in [1.54, 1.807) is 16.2 Å². The van der Waals surface area contributed by atoms with E-state index in [1.807, 2.05) is 90.9 Å². The number of hydrogen-bond acceptors (Lipinski definition) is 3. The molecule has 3 aromatic rings. The Kier molecular flexibility index (Phi) is 8.88. The van der Waals surface area contributed by atoms with Gasteiger partial charge in [-0.05, 0) is 54.6 Å². The molecule has 7 heteroatoms. The predicted molar refractivity (Wildman–Crippen MR) is 135 cm³/mol. The lowest BCUT2D eigenvalue weighted by Crippen LogP contribution is -2.47. The lowest BCUT2D eigenvalue weighted by atomic mass is 10.2. The number of benzene rings is 2. The lowest BCUT2D eigenvalue weighted by Gasteiger charge is -2.31. The molecule has 1 atom stereocenters. The molecule has 0 spiro atoms. The van der Waals surface area contributed by atoms with Crippen molar-refractivity contribution >= 4 is 44.9 Å². The largest absolute Gasteiger partial charge is 0.332 e. The van der Waals surface area contributed by atoms with E-state index in [2.05, 4.69) is 21.2 Å². The second kappa shape index (κ2) is 11.8. The number of nitrogens with one attached hydrogen (secondary N) is 1. The second-order valence-corrected chi connectivity index (χ2v) is 9.58. The van der Waals surface area contributed by atoms with Crippen molar-refractivity contribution in [1.29, 1.82) is 0 Å². The van der Waals surface area contributed by atoms with Crippen molar-refractivity contribution in [2.24, 2.45) is 0 Å². The summed E-state index contributed by atoms with van der Waals surface area (Å²) >= 11 is 5.03. The van der Waals surface area contributed by atoms with Crippen LogP contribution in [0, 0.1) is 0 Å². The average Bonchev–Trinajstić information content (AvgIpc) is 3.31. The minimum atomic E-state index is -0.272. The Labute approximate surface area is 202 Å². The van der Waals surface area contributed by atoms with Gasteiger partial charge in [-0.2, -0.15) is 0 Å². The number of hydrogen-bond donors (Lipinski definition) is 1. The zero-order valence-electron chi connectivity index (χ0n) is 18.3. The van der Waals surface area contributed by atoms with Crippen molar-refractivity contribution < 1.29 is 9.59 Å². The molecule has 0 aliphatic carbocycles. The summed E-state index contributed by atoms with van der Waals surface area (Å²) in [7, 11) is 0. The van der Waals surface area contributed by atoms with E-state index in [4.69, 9.17) is 0 Å². The molecule has 3 amide bonds. The van der Waals surface area contributed by atoms with Crippen molar-refractivity contribution in [2.75, 3.05) is 11.9 Å². The van der Waals surface area contributed by atoms with Crippen LogP contribution in [0.5, 0.6) is 0 Å². The third-order valence-electron chi connectivity index (χ3n) is 5.28. The van der Waals surface area contributed by atoms with E-state index < -0.39 is 0 Å². The smallest absolute Gasteiger partial charge is 0.322 e. The van der Waals surface area contributed by atoms with Crippen LogP contribution in [-0.2, 0) is 17.9 Å². The number of rotatable bonds is 9. The minimum absolute atomic E-state index is 0.0234. The zero-order valence-corrected chi connectivity index (χ0v) is 20.7. The maximum atomic E-state index is 13.4. The summed E-state index contributed by atoms with van der Waals surface area (Å²) in [6.07, 6.45) is 0.755. The molecule has 0 saturated carbocycles. The van der Waals surface area contributed by atoms with Gasteiger partial charge in [0.1, 0.15) is 6.54 Å². The van der Waals surface area contributed by atoms with Crippen LogP contribution in [0.15, 0.2) is 76.6 Å². The third-order valence-corrected chi connectivity index (χ3v) is 6.67. The Morgan fingerprint density at radius 3 is 2.34 bits per heavy atom. The Balaban J connectivity index is 1.75. The Hall–Kier alpha value is -2.64. The van der Waals surface area contributed by atoms with Gasteiger partial charge < -0.3 is 15.1 Å². The van der Waals surface area contributed by atoms with Crippen LogP contribution in [0.4, 0.5) is 10.5 Å². The van der Waals surface area contributed by atoms with Gasteiger partial charge in [0.05, 0.1) is 6.54 Å². The highest BCUT2D eigenvalue weighted by Gasteiger charge is 2.25. The van der Waals surface area contributed by atoms with Crippen molar-refractivity contribution in [3.05, 3.63) is 87.0 Å². The first kappa shape index (κ1) is 24.0. The van der Waals surface area contributed by atoms with E-state index in [-0.39, 0.29) is 24.5 Å². The van der Waals surface area contributed by atoms with Gasteiger partial charge in [0, 0.05) is 27.6 Å². The first-order valence-electron chi connectivity index (χ1n) is 10.6. The van der Waals surface area contributed by atoms with E-state index in [1.165, 1.54) is 0 Å². The van der Waals surface area contributed by atoms with Crippen LogP contribution < -0.4 is 5.32 Å². The molecule has 1 heterocycles. The Morgan fingerprint density at radius 1 is 1.00 bits per heavy atom. The van der Waals surface area contributed by atoms with Gasteiger partial charge in [0.15, 0.2) is 0 Å². The standard InChI is InChI=1S/C25H28BrN3O2S/c1-3-19(2)29(25(31)27-22-13-11-21(26)12-14-22)18-24(30)28(17-23-10-7-15-32-23)16-20-8-5-4-6-9-20/h4-15,19H,3,16-18H2,1-2H3,(H,27,31). The highest BCUT2D eigenvalue weighted by Crippen LogP contribution is 2.18. The number of thiophene rings is 1. The van der Waals surface area contributed by atoms with Gasteiger partial charge in [0.25, 0.3) is 0 Å². The van der Waals surface area contributed by atoms with E-state index >= 15 is 0 Å². The topological polar surface area (TPSA) is 52.7 Å². The summed E-state index contributed by atoms with van der Waals surface area (Å²) in [6.45, 7) is 5.03. The van der Waals surface area contributed by atoms with Crippen LogP contribution in [0.1, 0.15) is 30.7 Å². The van der Waals surface area contributed by atoms with Crippen molar-refractivity contribution in [2.45, 2.75) is 39.4 Å². The van der Waals surface area contributed by atoms with Crippen LogP contribution in [0.2, 0.25) is 0 Å². The monoisotopic (exact) mass is 513 g/mol. The molecule has 1 N–H and O–H groups in total. The van der Waals surface area contributed by atoms with Crippen LogP contribution >= 0.6 is 27.3 Å². The van der Waals surface area contributed by atoms with E-state index in [0.29, 0.717) is 18.8 Å². The number of halogens is 1. The van der Waals surface area contributed by atoms with E-state index in [0.717, 1.165) is 21.3 Å². The van der Waals surface area contributed by atoms with Gasteiger partial charge in [0.2, 0.25) is 5.91 Å². The number of carbonyl (C=O) groups is 2. The zero-order chi connectivity index (χ0) is 22.9. The molecular formula is C25H28BrN3O2S. The maximum absolute atomic E-state index is 13.4. The van der Waals surface area contributed by atoms with Crippen molar-refractivity contribution in [3.63, 3.8) is 0 Å². The molecule has 0 aliphatic rings. The summed E-state index contributed by atoms with van der Waals surface area (Å²) in [4.78, 5) is 31.0. The Bertz CT molecular complexity index is 994. The molecule has 3 rings (SSSR count). The molecular weight excluding hydrogens is 486 g/mol. The SMILES string of the molecule is CCC(C)N(CC(=O)N(Cc1ccccc1)Cc1cccs1)C(=O)Nc1ccc(Br)cc1. The lowest BCUT2D eigenvalue weighted by molar-refractivity contribution is -0.133. The van der Waals surface area contributed by atoms with Gasteiger partial charge in [-0.1, -0.05) is 59.3 Å². The molecule has 0 aliphatic heterocycles. The fourth-order valence-electron chi connectivity index (χ4n) is 3.25. The van der Waals surface area contributed by atoms with Crippen LogP contribution in [0.25, 0.3) is 0 Å². The average molecular weight is 514 g/mol. The molecule has 0 radical (unpaired) electrons. The van der Waals surface area contributed by atoms with Crippen LogP contribution in [0.3, 0.4) is 0 Å². The summed E-state index contributed by atoms with van der Waals surface area (Å²) in [5.74, 6) is -0.0755. The Morgan fingerprint density at radius 2 is 1.72 bits per heavy atom. The third kappa shape index (κ3) is 6.93.